The van der Waals surface area contributed by atoms with Crippen LogP contribution in [0.3, 0.4) is 0 Å². The molecule has 0 spiro atoms. The zero-order chi connectivity index (χ0) is 18.7. The molecule has 28 heavy (non-hydrogen) atoms. The van der Waals surface area contributed by atoms with Gasteiger partial charge in [0.2, 0.25) is 0 Å². The maximum Gasteiger partial charge on any atom is -0.00245 e. The van der Waals surface area contributed by atoms with E-state index in [-0.39, 0.29) is 16.2 Å². The van der Waals surface area contributed by atoms with Crippen LogP contribution in [-0.2, 0) is 16.2 Å². The molecule has 4 aliphatic carbocycles. The van der Waals surface area contributed by atoms with E-state index >= 15 is 0 Å². The van der Waals surface area contributed by atoms with Crippen LogP contribution in [0.25, 0.3) is 0 Å². The summed E-state index contributed by atoms with van der Waals surface area (Å²) in [6.07, 6.45) is 7.77. The van der Waals surface area contributed by atoms with E-state index in [9.17, 15) is 0 Å². The molecule has 0 saturated heterocycles. The van der Waals surface area contributed by atoms with Crippen molar-refractivity contribution in [1.82, 2.24) is 0 Å². The zero-order valence-corrected chi connectivity index (χ0v) is 16.4. The van der Waals surface area contributed by atoms with Crippen molar-refractivity contribution in [2.24, 2.45) is 0 Å². The van der Waals surface area contributed by atoms with Crippen molar-refractivity contribution >= 4 is 0 Å². The maximum atomic E-state index is 2.39. The molecule has 1 radical (unpaired) electrons. The molecule has 0 N–H and O–H groups in total. The molecule has 0 unspecified atom stereocenters. The monoisotopic (exact) mass is 363 g/mol. The van der Waals surface area contributed by atoms with Gasteiger partial charge in [0.25, 0.3) is 0 Å². The van der Waals surface area contributed by atoms with Gasteiger partial charge in [-0.3, -0.25) is 0 Å². The molecule has 4 fully saturated rings. The highest BCUT2D eigenvalue weighted by atomic mass is 14.7. The van der Waals surface area contributed by atoms with Crippen LogP contribution in [0.15, 0.2) is 91.0 Å². The molecule has 0 heteroatoms. The van der Waals surface area contributed by atoms with E-state index in [4.69, 9.17) is 0 Å². The molecule has 7 rings (SSSR count). The Balaban J connectivity index is 1.56. The third-order valence-electron chi connectivity index (χ3n) is 7.95. The molecule has 4 bridgehead atoms. The Morgan fingerprint density at radius 1 is 0.393 bits per heavy atom. The van der Waals surface area contributed by atoms with E-state index in [1.807, 2.05) is 0 Å². The van der Waals surface area contributed by atoms with Crippen LogP contribution < -0.4 is 0 Å². The second-order valence-electron chi connectivity index (χ2n) is 9.75. The first-order valence-corrected chi connectivity index (χ1v) is 10.7. The third kappa shape index (κ3) is 2.30. The Morgan fingerprint density at radius 2 is 0.679 bits per heavy atom. The lowest BCUT2D eigenvalue weighted by Crippen LogP contribution is -2.61. The van der Waals surface area contributed by atoms with Gasteiger partial charge >= 0.3 is 0 Å². The summed E-state index contributed by atoms with van der Waals surface area (Å²) in [5.74, 6) is 1.81. The molecule has 0 heterocycles. The average Bonchev–Trinajstić information content (AvgIpc) is 2.75. The van der Waals surface area contributed by atoms with Crippen molar-refractivity contribution in [1.29, 1.82) is 0 Å². The van der Waals surface area contributed by atoms with Crippen LogP contribution in [0, 0.1) is 5.92 Å². The third-order valence-corrected chi connectivity index (χ3v) is 7.95. The van der Waals surface area contributed by atoms with Crippen LogP contribution >= 0.6 is 0 Å². The number of hydrogen-bond donors (Lipinski definition) is 0. The summed E-state index contributed by atoms with van der Waals surface area (Å²) in [6.45, 7) is 0. The molecule has 3 aromatic rings. The van der Waals surface area contributed by atoms with Crippen LogP contribution in [0.5, 0.6) is 0 Å². The summed E-state index contributed by atoms with van der Waals surface area (Å²) in [5.41, 5.74) is 5.55. The molecular weight excluding hydrogens is 336 g/mol. The molecule has 0 atom stereocenters. The fourth-order valence-corrected chi connectivity index (χ4v) is 7.42. The normalized spacial score (nSPS) is 33.9. The number of benzene rings is 3. The zero-order valence-electron chi connectivity index (χ0n) is 16.4. The minimum Gasteiger partial charge on any atom is -0.0622 e. The van der Waals surface area contributed by atoms with Gasteiger partial charge in [0.15, 0.2) is 0 Å². The van der Waals surface area contributed by atoms with Gasteiger partial charge in [-0.15, -0.1) is 0 Å². The van der Waals surface area contributed by atoms with E-state index in [1.165, 1.54) is 38.5 Å². The van der Waals surface area contributed by atoms with E-state index in [0.29, 0.717) is 0 Å². The van der Waals surface area contributed by atoms with E-state index in [1.54, 1.807) is 22.6 Å². The first-order valence-electron chi connectivity index (χ1n) is 10.7. The van der Waals surface area contributed by atoms with Gasteiger partial charge in [0, 0.05) is 0 Å². The first kappa shape index (κ1) is 16.6. The van der Waals surface area contributed by atoms with E-state index < -0.39 is 0 Å². The molecular formula is C28H27. The second kappa shape index (κ2) is 5.83. The lowest BCUT2D eigenvalue weighted by atomic mass is 9.36. The highest BCUT2D eigenvalue weighted by molar-refractivity contribution is 5.47. The van der Waals surface area contributed by atoms with Gasteiger partial charge in [-0.1, -0.05) is 91.0 Å². The Morgan fingerprint density at radius 3 is 0.964 bits per heavy atom. The van der Waals surface area contributed by atoms with Crippen molar-refractivity contribution in [3.05, 3.63) is 114 Å². The smallest absolute Gasteiger partial charge is 0.00245 e. The number of rotatable bonds is 3. The number of hydrogen-bond acceptors (Lipinski definition) is 0. The molecule has 3 aromatic carbocycles. The van der Waals surface area contributed by atoms with E-state index in [0.717, 1.165) is 0 Å². The largest absolute Gasteiger partial charge is 0.0622 e. The van der Waals surface area contributed by atoms with Crippen molar-refractivity contribution in [2.75, 3.05) is 0 Å². The topological polar surface area (TPSA) is 0 Å². The molecule has 4 saturated carbocycles. The molecule has 0 nitrogen and oxygen atoms in total. The molecule has 4 aliphatic rings. The predicted molar refractivity (Wildman–Crippen MR) is 115 cm³/mol. The van der Waals surface area contributed by atoms with Crippen LogP contribution in [0.2, 0.25) is 0 Å². The van der Waals surface area contributed by atoms with E-state index in [2.05, 4.69) is 91.0 Å². The second-order valence-corrected chi connectivity index (χ2v) is 9.75. The summed E-state index contributed by atoms with van der Waals surface area (Å²) in [7, 11) is 0. The fourth-order valence-electron chi connectivity index (χ4n) is 7.42. The van der Waals surface area contributed by atoms with Crippen molar-refractivity contribution in [2.45, 2.75) is 54.8 Å². The Kier molecular flexibility index (Phi) is 3.46. The highest BCUT2D eigenvalue weighted by Crippen LogP contribution is 2.71. The minimum atomic E-state index is 0.289. The van der Waals surface area contributed by atoms with Gasteiger partial charge < -0.3 is 0 Å². The predicted octanol–water partition coefficient (Wildman–Crippen LogP) is 6.76. The Labute approximate surface area is 168 Å². The summed E-state index contributed by atoms with van der Waals surface area (Å²) >= 11 is 0. The summed E-state index contributed by atoms with van der Waals surface area (Å²) in [5, 5.41) is 0. The van der Waals surface area contributed by atoms with Gasteiger partial charge in [0.05, 0.1) is 0 Å². The van der Waals surface area contributed by atoms with Gasteiger partial charge in [-0.05, 0) is 77.4 Å². The quantitative estimate of drug-likeness (QED) is 0.482. The lowest BCUT2D eigenvalue weighted by Gasteiger charge is -2.67. The highest BCUT2D eigenvalue weighted by Gasteiger charge is 2.64. The van der Waals surface area contributed by atoms with Crippen LogP contribution in [0.4, 0.5) is 0 Å². The molecule has 139 valence electrons. The van der Waals surface area contributed by atoms with Crippen LogP contribution in [-0.4, -0.2) is 0 Å². The first-order chi connectivity index (χ1) is 13.7. The summed E-state index contributed by atoms with van der Waals surface area (Å²) < 4.78 is 0. The fraction of sp³-hybridized carbons (Fsp3) is 0.321. The van der Waals surface area contributed by atoms with Crippen LogP contribution in [0.1, 0.15) is 55.2 Å². The SMILES string of the molecule is c1ccc(C23C[C]4CC(c5ccccc5)(C2)CC(c2ccccc2)(C4)C3)cc1. The Hall–Kier alpha value is -2.34. The van der Waals surface area contributed by atoms with Gasteiger partial charge in [0.1, 0.15) is 0 Å². The Bertz CT molecular complexity index is 832. The van der Waals surface area contributed by atoms with Crippen molar-refractivity contribution in [3.8, 4) is 0 Å². The molecule has 0 amide bonds. The van der Waals surface area contributed by atoms with Crippen molar-refractivity contribution in [3.63, 3.8) is 0 Å². The molecule has 0 aromatic heterocycles. The molecule has 0 aliphatic heterocycles. The van der Waals surface area contributed by atoms with Gasteiger partial charge in [-0.2, -0.15) is 0 Å². The maximum absolute atomic E-state index is 2.39. The van der Waals surface area contributed by atoms with Crippen molar-refractivity contribution < 1.29 is 0 Å². The summed E-state index contributed by atoms with van der Waals surface area (Å²) in [6, 6.07) is 34.3. The average molecular weight is 364 g/mol. The summed E-state index contributed by atoms with van der Waals surface area (Å²) in [4.78, 5) is 0. The standard InChI is InChI=1S/C28H27/c1-4-10-23(11-5-1)26-16-22-17-27(19-26,24-12-6-2-7-13-24)21-28(18-22,20-26)25-14-8-3-9-15-25/h1-15H,16-21H2. The minimum absolute atomic E-state index is 0.289. The van der Waals surface area contributed by atoms with Gasteiger partial charge in [-0.25, -0.2) is 0 Å². The lowest BCUT2D eigenvalue weighted by molar-refractivity contribution is 0.0105.